The molecule has 28 heavy (non-hydrogen) atoms. The lowest BCUT2D eigenvalue weighted by Gasteiger charge is -2.44. The van der Waals surface area contributed by atoms with Gasteiger partial charge in [-0.3, -0.25) is 14.8 Å². The number of aryl methyl sites for hydroxylation is 2. The maximum absolute atomic E-state index is 13.3. The normalized spacial score (nSPS) is 20.9. The number of carbonyl (C=O) groups is 1. The smallest absolute Gasteiger partial charge is 0.240 e. The van der Waals surface area contributed by atoms with E-state index < -0.39 is 0 Å². The molecule has 7 nitrogen and oxygen atoms in total. The summed E-state index contributed by atoms with van der Waals surface area (Å²) < 4.78 is 2.03. The zero-order valence-electron chi connectivity index (χ0n) is 17.3. The van der Waals surface area contributed by atoms with Crippen molar-refractivity contribution in [2.24, 2.45) is 0 Å². The van der Waals surface area contributed by atoms with Crippen molar-refractivity contribution in [3.8, 4) is 0 Å². The Morgan fingerprint density at radius 2 is 2.14 bits per heavy atom. The summed E-state index contributed by atoms with van der Waals surface area (Å²) in [6.45, 7) is 5.62. The molecule has 3 heterocycles. The molecule has 1 amide bonds. The number of aromatic nitrogens is 4. The molecule has 1 fully saturated rings. The van der Waals surface area contributed by atoms with Crippen molar-refractivity contribution in [1.82, 2.24) is 30.0 Å². The fourth-order valence-corrected chi connectivity index (χ4v) is 4.95. The van der Waals surface area contributed by atoms with Crippen LogP contribution in [0.2, 0.25) is 0 Å². The van der Waals surface area contributed by atoms with E-state index in [1.165, 1.54) is 19.3 Å². The third-order valence-electron chi connectivity index (χ3n) is 6.23. The summed E-state index contributed by atoms with van der Waals surface area (Å²) in [5.74, 6) is 0.145. The Kier molecular flexibility index (Phi) is 5.27. The van der Waals surface area contributed by atoms with Crippen molar-refractivity contribution in [3.63, 3.8) is 0 Å². The molecule has 1 atom stereocenters. The summed E-state index contributed by atoms with van der Waals surface area (Å²) in [6.07, 6.45) is 9.24. The Morgan fingerprint density at radius 1 is 1.36 bits per heavy atom. The molecule has 0 saturated heterocycles. The van der Waals surface area contributed by atoms with E-state index in [-0.39, 0.29) is 17.5 Å². The summed E-state index contributed by atoms with van der Waals surface area (Å²) in [6, 6.07) is 1.88. The highest BCUT2D eigenvalue weighted by Gasteiger charge is 2.45. The Morgan fingerprint density at radius 3 is 2.89 bits per heavy atom. The van der Waals surface area contributed by atoms with Crippen molar-refractivity contribution >= 4 is 5.91 Å². The Labute approximate surface area is 166 Å². The number of nitrogens with zero attached hydrogens (tertiary/aromatic N) is 4. The van der Waals surface area contributed by atoms with Crippen LogP contribution in [0.25, 0.3) is 0 Å². The topological polar surface area (TPSA) is 78.8 Å². The highest BCUT2D eigenvalue weighted by Crippen LogP contribution is 2.40. The fourth-order valence-electron chi connectivity index (χ4n) is 4.95. The standard InChI is InChI=1S/C21H32N6O/c1-4-10-27-16(11-15(2)25-27)13-26(3)20(28)18-12-17-19(23-14-22-17)21(24-18)8-6-5-7-9-21/h11,14,18,24H,4-10,12-13H2,1-3H3,(H,22,23)/t18-/m0/s1. The summed E-state index contributed by atoms with van der Waals surface area (Å²) >= 11 is 0. The Hall–Kier alpha value is -2.15. The monoisotopic (exact) mass is 384 g/mol. The van der Waals surface area contributed by atoms with Crippen LogP contribution in [-0.4, -0.2) is 43.6 Å². The van der Waals surface area contributed by atoms with Gasteiger partial charge in [0.15, 0.2) is 0 Å². The second kappa shape index (κ2) is 7.70. The number of hydrogen-bond donors (Lipinski definition) is 2. The minimum absolute atomic E-state index is 0.145. The first-order chi connectivity index (χ1) is 13.5. The number of carbonyl (C=O) groups excluding carboxylic acids is 1. The van der Waals surface area contributed by atoms with E-state index in [1.54, 1.807) is 6.33 Å². The lowest BCUT2D eigenvalue weighted by molar-refractivity contribution is -0.134. The first-order valence-electron chi connectivity index (χ1n) is 10.6. The number of aromatic amines is 1. The highest BCUT2D eigenvalue weighted by atomic mass is 16.2. The summed E-state index contributed by atoms with van der Waals surface area (Å²) in [4.78, 5) is 23.1. The average Bonchev–Trinajstić information content (AvgIpc) is 3.29. The summed E-state index contributed by atoms with van der Waals surface area (Å²) in [7, 11) is 1.90. The van der Waals surface area contributed by atoms with E-state index in [2.05, 4.69) is 33.4 Å². The summed E-state index contributed by atoms with van der Waals surface area (Å²) in [5.41, 5.74) is 4.21. The number of hydrogen-bond acceptors (Lipinski definition) is 4. The molecule has 0 radical (unpaired) electrons. The lowest BCUT2D eigenvalue weighted by atomic mass is 9.75. The van der Waals surface area contributed by atoms with Crippen LogP contribution in [0.4, 0.5) is 0 Å². The fraction of sp³-hybridized carbons (Fsp3) is 0.667. The Balaban J connectivity index is 1.52. The minimum Gasteiger partial charge on any atom is -0.348 e. The van der Waals surface area contributed by atoms with E-state index in [9.17, 15) is 4.79 Å². The molecule has 0 unspecified atom stereocenters. The van der Waals surface area contributed by atoms with Gasteiger partial charge in [-0.1, -0.05) is 26.2 Å². The van der Waals surface area contributed by atoms with Gasteiger partial charge >= 0.3 is 0 Å². The van der Waals surface area contributed by atoms with Gasteiger partial charge in [0.25, 0.3) is 0 Å². The molecule has 0 aromatic carbocycles. The third-order valence-corrected chi connectivity index (χ3v) is 6.23. The highest BCUT2D eigenvalue weighted by molar-refractivity contribution is 5.82. The number of rotatable bonds is 5. The predicted molar refractivity (Wildman–Crippen MR) is 108 cm³/mol. The van der Waals surface area contributed by atoms with Crippen molar-refractivity contribution in [2.75, 3.05) is 7.05 Å². The van der Waals surface area contributed by atoms with Crippen molar-refractivity contribution in [3.05, 3.63) is 35.2 Å². The van der Waals surface area contributed by atoms with Crippen LogP contribution in [0, 0.1) is 6.92 Å². The molecule has 0 bridgehead atoms. The molecule has 2 N–H and O–H groups in total. The number of amides is 1. The van der Waals surface area contributed by atoms with Crippen LogP contribution in [0.1, 0.15) is 68.2 Å². The van der Waals surface area contributed by atoms with Gasteiger partial charge in [-0.15, -0.1) is 0 Å². The molecule has 1 aliphatic carbocycles. The minimum atomic E-state index is -0.209. The van der Waals surface area contributed by atoms with E-state index >= 15 is 0 Å². The van der Waals surface area contributed by atoms with Gasteiger partial charge in [-0.2, -0.15) is 5.10 Å². The maximum Gasteiger partial charge on any atom is 0.240 e. The van der Waals surface area contributed by atoms with Crippen LogP contribution < -0.4 is 5.32 Å². The third kappa shape index (κ3) is 3.48. The van der Waals surface area contributed by atoms with Crippen molar-refractivity contribution in [1.29, 1.82) is 0 Å². The lowest BCUT2D eigenvalue weighted by Crippen LogP contribution is -2.59. The first-order valence-corrected chi connectivity index (χ1v) is 10.6. The molecule has 2 aromatic heterocycles. The molecule has 7 heteroatoms. The molecule has 1 saturated carbocycles. The van der Waals surface area contributed by atoms with Gasteiger partial charge < -0.3 is 9.88 Å². The second-order valence-electron chi connectivity index (χ2n) is 8.47. The van der Waals surface area contributed by atoms with Gasteiger partial charge in [-0.05, 0) is 32.3 Å². The molecular weight excluding hydrogens is 352 g/mol. The average molecular weight is 385 g/mol. The van der Waals surface area contributed by atoms with Crippen LogP contribution >= 0.6 is 0 Å². The number of fused-ring (bicyclic) bond motifs is 2. The first kappa shape index (κ1) is 19.2. The number of imidazole rings is 1. The molecule has 1 aliphatic heterocycles. The molecule has 152 valence electrons. The number of H-pyrrole nitrogens is 1. The van der Waals surface area contributed by atoms with Crippen molar-refractivity contribution in [2.45, 2.75) is 83.5 Å². The largest absolute Gasteiger partial charge is 0.348 e. The molecular formula is C21H32N6O. The van der Waals surface area contributed by atoms with Gasteiger partial charge in [-0.25, -0.2) is 4.98 Å². The zero-order chi connectivity index (χ0) is 19.7. The second-order valence-corrected chi connectivity index (χ2v) is 8.47. The summed E-state index contributed by atoms with van der Waals surface area (Å²) in [5, 5.41) is 8.29. The Bertz CT molecular complexity index is 832. The molecule has 2 aliphatic rings. The van der Waals surface area contributed by atoms with Crippen LogP contribution in [0.3, 0.4) is 0 Å². The number of nitrogens with one attached hydrogen (secondary N) is 2. The predicted octanol–water partition coefficient (Wildman–Crippen LogP) is 2.66. The van der Waals surface area contributed by atoms with Gasteiger partial charge in [0, 0.05) is 25.7 Å². The molecule has 2 aromatic rings. The van der Waals surface area contributed by atoms with Crippen LogP contribution in [0.5, 0.6) is 0 Å². The SMILES string of the molecule is CCCn1nc(C)cc1CN(C)C(=O)[C@@H]1Cc2[nH]cnc2C2(CCCCC2)N1. The van der Waals surface area contributed by atoms with Gasteiger partial charge in [0.05, 0.1) is 41.5 Å². The van der Waals surface area contributed by atoms with Crippen LogP contribution in [-0.2, 0) is 29.8 Å². The van der Waals surface area contributed by atoms with Gasteiger partial charge in [0.1, 0.15) is 0 Å². The quantitative estimate of drug-likeness (QED) is 0.831. The number of likely N-dealkylation sites (N-methyl/N-ethyl adjacent to an activating group) is 1. The molecule has 1 spiro atoms. The van der Waals surface area contributed by atoms with E-state index in [0.29, 0.717) is 13.0 Å². The zero-order valence-corrected chi connectivity index (χ0v) is 17.3. The van der Waals surface area contributed by atoms with E-state index in [0.717, 1.165) is 48.6 Å². The van der Waals surface area contributed by atoms with Crippen molar-refractivity contribution < 1.29 is 4.79 Å². The molecule has 4 rings (SSSR count). The van der Waals surface area contributed by atoms with Crippen LogP contribution in [0.15, 0.2) is 12.4 Å². The van der Waals surface area contributed by atoms with E-state index in [1.807, 2.05) is 23.6 Å². The maximum atomic E-state index is 13.3. The van der Waals surface area contributed by atoms with E-state index in [4.69, 9.17) is 0 Å². The van der Waals surface area contributed by atoms with Gasteiger partial charge in [0.2, 0.25) is 5.91 Å².